The maximum Gasteiger partial charge on any atom is 0.326 e. The Balaban J connectivity index is 1.66. The number of para-hydroxylation sites is 2. The number of urea groups is 1. The Morgan fingerprint density at radius 1 is 0.917 bits per heavy atom. The minimum absolute atomic E-state index is 0.205. The van der Waals surface area contributed by atoms with Crippen LogP contribution in [0.4, 0.5) is 21.9 Å². The zero-order valence-electron chi connectivity index (χ0n) is 20.3. The van der Waals surface area contributed by atoms with Crippen LogP contribution in [-0.2, 0) is 16.0 Å². The number of carbonyl (C=O) groups is 3. The molecule has 0 heterocycles. The molecule has 0 aliphatic carbocycles. The highest BCUT2D eigenvalue weighted by Gasteiger charge is 2.25. The SMILES string of the molecule is COc1ccc(N(C)C(=O)C(Cc2ccccc2)NC(=O)NSNc2ccccc2NC(C)=O)cc1. The number of methoxy groups -OCH3 is 1. The molecule has 0 saturated heterocycles. The molecule has 9 nitrogen and oxygen atoms in total. The standard InChI is InChI=1S/C26H29N5O4S/c1-18(32)27-22-11-7-8-12-23(22)29-36-30-26(34)28-24(17-19-9-5-4-6-10-19)25(33)31(2)20-13-15-21(35-3)16-14-20/h4-16,24,29H,17H2,1-3H3,(H,27,32)(H2,28,30,34). The number of nitrogens with zero attached hydrogens (tertiary/aromatic N) is 1. The van der Waals surface area contributed by atoms with Crippen molar-refractivity contribution in [3.63, 3.8) is 0 Å². The lowest BCUT2D eigenvalue weighted by Gasteiger charge is -2.25. The molecule has 1 unspecified atom stereocenters. The zero-order valence-corrected chi connectivity index (χ0v) is 21.1. The molecule has 0 aromatic heterocycles. The Morgan fingerprint density at radius 3 is 2.19 bits per heavy atom. The van der Waals surface area contributed by atoms with E-state index in [0.29, 0.717) is 29.2 Å². The van der Waals surface area contributed by atoms with Gasteiger partial charge in [-0.2, -0.15) is 0 Å². The van der Waals surface area contributed by atoms with Gasteiger partial charge in [0.05, 0.1) is 30.6 Å². The van der Waals surface area contributed by atoms with Gasteiger partial charge in [0.2, 0.25) is 11.8 Å². The molecule has 10 heteroatoms. The number of hydrogen-bond acceptors (Lipinski definition) is 6. The molecule has 3 aromatic carbocycles. The predicted octanol–water partition coefficient (Wildman–Crippen LogP) is 4.20. The number of rotatable bonds is 10. The third kappa shape index (κ3) is 7.67. The smallest absolute Gasteiger partial charge is 0.326 e. The molecule has 3 rings (SSSR count). The lowest BCUT2D eigenvalue weighted by Crippen LogP contribution is -2.50. The topological polar surface area (TPSA) is 112 Å². The Kier molecular flexibility index (Phi) is 9.58. The maximum absolute atomic E-state index is 13.4. The van der Waals surface area contributed by atoms with Crippen molar-refractivity contribution in [2.75, 3.05) is 29.1 Å². The highest BCUT2D eigenvalue weighted by Crippen LogP contribution is 2.23. The number of nitrogens with one attached hydrogen (secondary N) is 4. The molecule has 188 valence electrons. The van der Waals surface area contributed by atoms with E-state index in [1.54, 1.807) is 62.7 Å². The number of ether oxygens (including phenoxy) is 1. The highest BCUT2D eigenvalue weighted by atomic mass is 32.2. The number of benzene rings is 3. The first-order valence-corrected chi connectivity index (χ1v) is 12.0. The maximum atomic E-state index is 13.4. The monoisotopic (exact) mass is 507 g/mol. The minimum Gasteiger partial charge on any atom is -0.497 e. The molecule has 0 fully saturated rings. The molecular weight excluding hydrogens is 478 g/mol. The molecule has 0 saturated carbocycles. The summed E-state index contributed by atoms with van der Waals surface area (Å²) < 4.78 is 10.8. The number of carbonyl (C=O) groups excluding carboxylic acids is 3. The van der Waals surface area contributed by atoms with E-state index in [0.717, 1.165) is 17.7 Å². The van der Waals surface area contributed by atoms with Crippen molar-refractivity contribution in [2.24, 2.45) is 0 Å². The van der Waals surface area contributed by atoms with Crippen molar-refractivity contribution in [1.29, 1.82) is 0 Å². The molecule has 0 aliphatic rings. The number of likely N-dealkylation sites (N-methyl/N-ethyl adjacent to an activating group) is 1. The van der Waals surface area contributed by atoms with Crippen molar-refractivity contribution >= 4 is 47.0 Å². The second kappa shape index (κ2) is 13.1. The van der Waals surface area contributed by atoms with Gasteiger partial charge in [-0.05, 0) is 42.0 Å². The van der Waals surface area contributed by atoms with E-state index in [9.17, 15) is 14.4 Å². The van der Waals surface area contributed by atoms with E-state index >= 15 is 0 Å². The van der Waals surface area contributed by atoms with E-state index in [-0.39, 0.29) is 11.8 Å². The number of anilines is 3. The van der Waals surface area contributed by atoms with E-state index in [2.05, 4.69) is 20.1 Å². The normalized spacial score (nSPS) is 11.1. The largest absolute Gasteiger partial charge is 0.497 e. The lowest BCUT2D eigenvalue weighted by atomic mass is 10.0. The summed E-state index contributed by atoms with van der Waals surface area (Å²) in [5, 5.41) is 5.50. The summed E-state index contributed by atoms with van der Waals surface area (Å²) in [5.74, 6) is 0.207. The Morgan fingerprint density at radius 2 is 1.56 bits per heavy atom. The van der Waals surface area contributed by atoms with Crippen LogP contribution in [0, 0.1) is 0 Å². The quantitative estimate of drug-likeness (QED) is 0.306. The molecule has 0 radical (unpaired) electrons. The fourth-order valence-electron chi connectivity index (χ4n) is 3.40. The predicted molar refractivity (Wildman–Crippen MR) is 144 cm³/mol. The first-order valence-electron chi connectivity index (χ1n) is 11.2. The second-order valence-electron chi connectivity index (χ2n) is 7.84. The average Bonchev–Trinajstić information content (AvgIpc) is 2.89. The van der Waals surface area contributed by atoms with Crippen LogP contribution in [0.3, 0.4) is 0 Å². The Bertz CT molecular complexity index is 1170. The average molecular weight is 508 g/mol. The zero-order chi connectivity index (χ0) is 25.9. The first kappa shape index (κ1) is 26.4. The third-order valence-corrected chi connectivity index (χ3v) is 5.83. The fraction of sp³-hybridized carbons (Fsp3) is 0.192. The molecule has 3 aromatic rings. The van der Waals surface area contributed by atoms with Gasteiger partial charge in [0.25, 0.3) is 0 Å². The van der Waals surface area contributed by atoms with Gasteiger partial charge >= 0.3 is 6.03 Å². The van der Waals surface area contributed by atoms with Crippen LogP contribution >= 0.6 is 12.1 Å². The number of hydrogen-bond donors (Lipinski definition) is 4. The van der Waals surface area contributed by atoms with Crippen LogP contribution in [-0.4, -0.2) is 38.0 Å². The van der Waals surface area contributed by atoms with Gasteiger partial charge in [0, 0.05) is 26.1 Å². The van der Waals surface area contributed by atoms with Crippen molar-refractivity contribution in [2.45, 2.75) is 19.4 Å². The van der Waals surface area contributed by atoms with Crippen LogP contribution in [0.1, 0.15) is 12.5 Å². The second-order valence-corrected chi connectivity index (χ2v) is 8.46. The van der Waals surface area contributed by atoms with Crippen LogP contribution in [0.15, 0.2) is 78.9 Å². The first-order chi connectivity index (χ1) is 17.4. The van der Waals surface area contributed by atoms with Crippen molar-refractivity contribution in [1.82, 2.24) is 10.0 Å². The van der Waals surface area contributed by atoms with E-state index in [1.807, 2.05) is 30.3 Å². The highest BCUT2D eigenvalue weighted by molar-refractivity contribution is 7.99. The molecule has 4 amide bonds. The summed E-state index contributed by atoms with van der Waals surface area (Å²) >= 11 is 0.922. The van der Waals surface area contributed by atoms with E-state index < -0.39 is 12.1 Å². The summed E-state index contributed by atoms with van der Waals surface area (Å²) in [6.45, 7) is 1.42. The lowest BCUT2D eigenvalue weighted by molar-refractivity contribution is -0.120. The summed E-state index contributed by atoms with van der Waals surface area (Å²) in [7, 11) is 3.24. The van der Waals surface area contributed by atoms with Gasteiger partial charge < -0.3 is 25.0 Å². The fourth-order valence-corrected chi connectivity index (χ4v) is 3.89. The Hall–Kier alpha value is -4.18. The molecule has 36 heavy (non-hydrogen) atoms. The molecule has 0 bridgehead atoms. The summed E-state index contributed by atoms with van der Waals surface area (Å²) in [4.78, 5) is 39.0. The van der Waals surface area contributed by atoms with Gasteiger partial charge in [-0.15, -0.1) is 0 Å². The van der Waals surface area contributed by atoms with Crippen molar-refractivity contribution in [3.05, 3.63) is 84.4 Å². The van der Waals surface area contributed by atoms with Crippen LogP contribution in [0.5, 0.6) is 5.75 Å². The van der Waals surface area contributed by atoms with Crippen molar-refractivity contribution < 1.29 is 19.1 Å². The van der Waals surface area contributed by atoms with Crippen LogP contribution in [0.25, 0.3) is 0 Å². The van der Waals surface area contributed by atoms with E-state index in [1.165, 1.54) is 11.8 Å². The number of amides is 4. The molecule has 1 atom stereocenters. The minimum atomic E-state index is -0.813. The summed E-state index contributed by atoms with van der Waals surface area (Å²) in [5.41, 5.74) is 2.79. The van der Waals surface area contributed by atoms with Gasteiger partial charge in [-0.3, -0.25) is 14.3 Å². The molecule has 0 aliphatic heterocycles. The van der Waals surface area contributed by atoms with Crippen LogP contribution < -0.4 is 29.7 Å². The molecule has 0 spiro atoms. The molecular formula is C26H29N5O4S. The summed E-state index contributed by atoms with van der Waals surface area (Å²) in [6, 6.07) is 22.3. The van der Waals surface area contributed by atoms with Crippen molar-refractivity contribution in [3.8, 4) is 5.75 Å². The molecule has 4 N–H and O–H groups in total. The van der Waals surface area contributed by atoms with Gasteiger partial charge in [0.15, 0.2) is 0 Å². The van der Waals surface area contributed by atoms with Gasteiger partial charge in [0.1, 0.15) is 11.8 Å². The van der Waals surface area contributed by atoms with E-state index in [4.69, 9.17) is 4.74 Å². The van der Waals surface area contributed by atoms with Gasteiger partial charge in [-0.1, -0.05) is 42.5 Å². The Labute approximate surface area is 214 Å². The third-order valence-electron chi connectivity index (χ3n) is 5.22. The van der Waals surface area contributed by atoms with Crippen LogP contribution in [0.2, 0.25) is 0 Å². The summed E-state index contributed by atoms with van der Waals surface area (Å²) in [6.07, 6.45) is 0.317. The van der Waals surface area contributed by atoms with Gasteiger partial charge in [-0.25, -0.2) is 4.79 Å².